The van der Waals surface area contributed by atoms with Crippen LogP contribution in [0.1, 0.15) is 39.7 Å². The second-order valence-corrected chi connectivity index (χ2v) is 8.12. The summed E-state index contributed by atoms with van der Waals surface area (Å²) in [4.78, 5) is 28.5. The fraction of sp³-hybridized carbons (Fsp3) is 0.333. The highest BCUT2D eigenvalue weighted by molar-refractivity contribution is 6.32. The van der Waals surface area contributed by atoms with Gasteiger partial charge < -0.3 is 28.6 Å². The zero-order chi connectivity index (χ0) is 23.9. The van der Waals surface area contributed by atoms with Gasteiger partial charge in [-0.15, -0.1) is 0 Å². The molecule has 33 heavy (non-hydrogen) atoms. The third-order valence-electron chi connectivity index (χ3n) is 5.81. The Morgan fingerprint density at radius 2 is 1.73 bits per heavy atom. The molecule has 1 aromatic heterocycles. The van der Waals surface area contributed by atoms with Crippen LogP contribution in [-0.4, -0.2) is 50.4 Å². The van der Waals surface area contributed by atoms with Crippen LogP contribution < -0.4 is 19.6 Å². The average Bonchev–Trinajstić information content (AvgIpc) is 3.09. The molecule has 2 aromatic carbocycles. The number of hydrogen-bond donors (Lipinski definition) is 1. The van der Waals surface area contributed by atoms with E-state index in [2.05, 4.69) is 0 Å². The van der Waals surface area contributed by atoms with E-state index in [1.54, 1.807) is 31.2 Å². The zero-order valence-electron chi connectivity index (χ0n) is 18.7. The summed E-state index contributed by atoms with van der Waals surface area (Å²) >= 11 is 6.27. The molecule has 1 aliphatic heterocycles. The SMILES string of the molecule is COc1cc(C2c3c(oc4cc(C)c(Cl)cc4c3=O)C(=O)N2CCCO)cc(OC)c1OC. The summed E-state index contributed by atoms with van der Waals surface area (Å²) in [5.41, 5.74) is 1.48. The first kappa shape index (κ1) is 22.9. The number of nitrogens with zero attached hydrogens (tertiary/aromatic N) is 1. The molecule has 1 amide bonds. The summed E-state index contributed by atoms with van der Waals surface area (Å²) in [6.07, 6.45) is 0.333. The van der Waals surface area contributed by atoms with Gasteiger partial charge in [0.15, 0.2) is 16.9 Å². The van der Waals surface area contributed by atoms with E-state index in [0.717, 1.165) is 5.56 Å². The number of halogens is 1. The average molecular weight is 474 g/mol. The van der Waals surface area contributed by atoms with E-state index in [4.69, 9.17) is 30.2 Å². The number of rotatable bonds is 7. The molecule has 0 saturated carbocycles. The predicted octanol–water partition coefficient (Wildman–Crippen LogP) is 3.71. The Bertz CT molecular complexity index is 1280. The summed E-state index contributed by atoms with van der Waals surface area (Å²) in [6, 6.07) is 5.84. The summed E-state index contributed by atoms with van der Waals surface area (Å²) in [5, 5.41) is 10.1. The molecule has 1 unspecified atom stereocenters. The fourth-order valence-electron chi connectivity index (χ4n) is 4.22. The van der Waals surface area contributed by atoms with Crippen LogP contribution in [0.15, 0.2) is 33.5 Å². The largest absolute Gasteiger partial charge is 0.493 e. The van der Waals surface area contributed by atoms with Crippen LogP contribution in [-0.2, 0) is 0 Å². The Morgan fingerprint density at radius 3 is 2.30 bits per heavy atom. The summed E-state index contributed by atoms with van der Waals surface area (Å²) in [7, 11) is 4.48. The van der Waals surface area contributed by atoms with E-state index >= 15 is 0 Å². The molecule has 9 heteroatoms. The smallest absolute Gasteiger partial charge is 0.290 e. The van der Waals surface area contributed by atoms with Gasteiger partial charge in [-0.25, -0.2) is 0 Å². The van der Waals surface area contributed by atoms with Gasteiger partial charge in [-0.3, -0.25) is 9.59 Å². The molecule has 0 fully saturated rings. The van der Waals surface area contributed by atoms with Crippen molar-refractivity contribution in [3.63, 3.8) is 0 Å². The Labute approximate surface area is 195 Å². The van der Waals surface area contributed by atoms with E-state index in [0.29, 0.717) is 45.2 Å². The lowest BCUT2D eigenvalue weighted by molar-refractivity contribution is 0.0716. The molecule has 0 radical (unpaired) electrons. The number of methoxy groups -OCH3 is 3. The number of aryl methyl sites for hydroxylation is 1. The second kappa shape index (κ2) is 8.96. The Balaban J connectivity index is 2.01. The maximum atomic E-state index is 13.6. The van der Waals surface area contributed by atoms with Crippen LogP contribution in [0.4, 0.5) is 0 Å². The van der Waals surface area contributed by atoms with Crippen LogP contribution in [0.5, 0.6) is 17.2 Å². The number of carbonyl (C=O) groups is 1. The molecule has 1 aliphatic rings. The number of ether oxygens (including phenoxy) is 3. The molecular formula is C24H24ClNO7. The van der Waals surface area contributed by atoms with Gasteiger partial charge in [0.05, 0.1) is 38.3 Å². The number of hydrogen-bond acceptors (Lipinski definition) is 7. The van der Waals surface area contributed by atoms with Gasteiger partial charge in [-0.1, -0.05) is 11.6 Å². The molecule has 3 aromatic rings. The van der Waals surface area contributed by atoms with Crippen LogP contribution in [0.2, 0.25) is 5.02 Å². The minimum Gasteiger partial charge on any atom is -0.493 e. The van der Waals surface area contributed by atoms with Gasteiger partial charge >= 0.3 is 0 Å². The lowest BCUT2D eigenvalue weighted by Gasteiger charge is -2.26. The first-order chi connectivity index (χ1) is 15.9. The molecule has 0 bridgehead atoms. The highest BCUT2D eigenvalue weighted by Crippen LogP contribution is 2.45. The fourth-order valence-corrected chi connectivity index (χ4v) is 4.38. The number of amides is 1. The molecule has 0 aliphatic carbocycles. The molecule has 4 rings (SSSR count). The maximum absolute atomic E-state index is 13.6. The van der Waals surface area contributed by atoms with Gasteiger partial charge in [0.25, 0.3) is 5.91 Å². The molecule has 1 atom stereocenters. The third kappa shape index (κ3) is 3.69. The molecule has 0 spiro atoms. The van der Waals surface area contributed by atoms with Crippen molar-refractivity contribution in [1.82, 2.24) is 4.90 Å². The predicted molar refractivity (Wildman–Crippen MR) is 123 cm³/mol. The Hall–Kier alpha value is -3.23. The maximum Gasteiger partial charge on any atom is 0.290 e. The first-order valence-corrected chi connectivity index (χ1v) is 10.7. The lowest BCUT2D eigenvalue weighted by atomic mass is 9.97. The van der Waals surface area contributed by atoms with Crippen molar-refractivity contribution in [2.24, 2.45) is 0 Å². The van der Waals surface area contributed by atoms with Crippen LogP contribution in [0.3, 0.4) is 0 Å². The van der Waals surface area contributed by atoms with Crippen molar-refractivity contribution in [2.75, 3.05) is 34.5 Å². The van der Waals surface area contributed by atoms with Gasteiger partial charge in [0, 0.05) is 18.2 Å². The zero-order valence-corrected chi connectivity index (χ0v) is 19.5. The molecule has 1 N–H and O–H groups in total. The first-order valence-electron chi connectivity index (χ1n) is 10.3. The van der Waals surface area contributed by atoms with Crippen molar-refractivity contribution in [2.45, 2.75) is 19.4 Å². The highest BCUT2D eigenvalue weighted by Gasteiger charge is 2.43. The van der Waals surface area contributed by atoms with E-state index < -0.39 is 11.9 Å². The van der Waals surface area contributed by atoms with E-state index in [9.17, 15) is 14.7 Å². The third-order valence-corrected chi connectivity index (χ3v) is 6.21. The summed E-state index contributed by atoms with van der Waals surface area (Å²) < 4.78 is 22.3. The monoisotopic (exact) mass is 473 g/mol. The normalized spacial score (nSPS) is 15.2. The van der Waals surface area contributed by atoms with Gasteiger partial charge in [-0.05, 0) is 48.7 Å². The minimum absolute atomic E-state index is 0.0223. The van der Waals surface area contributed by atoms with E-state index in [1.807, 2.05) is 0 Å². The van der Waals surface area contributed by atoms with Crippen LogP contribution >= 0.6 is 11.6 Å². The van der Waals surface area contributed by atoms with E-state index in [1.165, 1.54) is 26.2 Å². The van der Waals surface area contributed by atoms with Crippen molar-refractivity contribution >= 4 is 28.5 Å². The van der Waals surface area contributed by atoms with Gasteiger partial charge in [-0.2, -0.15) is 0 Å². The molecule has 8 nitrogen and oxygen atoms in total. The second-order valence-electron chi connectivity index (χ2n) is 7.71. The summed E-state index contributed by atoms with van der Waals surface area (Å²) in [5.74, 6) is 0.718. The van der Waals surface area contributed by atoms with Crippen molar-refractivity contribution < 1.29 is 28.5 Å². The molecule has 0 saturated heterocycles. The van der Waals surface area contributed by atoms with Crippen LogP contribution in [0, 0.1) is 6.92 Å². The molecular weight excluding hydrogens is 450 g/mol. The summed E-state index contributed by atoms with van der Waals surface area (Å²) in [6.45, 7) is 1.90. The van der Waals surface area contributed by atoms with Crippen molar-refractivity contribution in [3.8, 4) is 17.2 Å². The quantitative estimate of drug-likeness (QED) is 0.558. The Kier molecular flexibility index (Phi) is 6.23. The topological polar surface area (TPSA) is 98.4 Å². The van der Waals surface area contributed by atoms with Crippen molar-refractivity contribution in [1.29, 1.82) is 0 Å². The number of carbonyl (C=O) groups excluding carboxylic acids is 1. The number of aliphatic hydroxyl groups is 1. The van der Waals surface area contributed by atoms with E-state index in [-0.39, 0.29) is 29.9 Å². The standard InChI is InChI=1S/C24H24ClNO7/c1-12-8-16-14(11-15(12)25)21(28)19-20(26(6-5-7-27)24(29)23(19)33-16)13-9-17(30-2)22(32-4)18(10-13)31-3/h8-11,20,27H,5-7H2,1-4H3. The van der Waals surface area contributed by atoms with Crippen LogP contribution in [0.25, 0.3) is 11.0 Å². The van der Waals surface area contributed by atoms with Crippen molar-refractivity contribution in [3.05, 3.63) is 62.0 Å². The van der Waals surface area contributed by atoms with Gasteiger partial charge in [0.2, 0.25) is 11.5 Å². The number of benzene rings is 2. The van der Waals surface area contributed by atoms with Gasteiger partial charge in [0.1, 0.15) is 5.58 Å². The molecule has 174 valence electrons. The lowest BCUT2D eigenvalue weighted by Crippen LogP contribution is -2.31. The number of aliphatic hydroxyl groups excluding tert-OH is 1. The Morgan fingerprint density at radius 1 is 1.06 bits per heavy atom. The number of fused-ring (bicyclic) bond motifs is 2. The minimum atomic E-state index is -0.770. The highest BCUT2D eigenvalue weighted by atomic mass is 35.5. The molecule has 2 heterocycles.